The summed E-state index contributed by atoms with van der Waals surface area (Å²) >= 11 is 1.63. The summed E-state index contributed by atoms with van der Waals surface area (Å²) in [4.78, 5) is 17.9. The predicted octanol–water partition coefficient (Wildman–Crippen LogP) is 4.38. The van der Waals surface area contributed by atoms with Crippen molar-refractivity contribution in [2.75, 3.05) is 7.11 Å². The zero-order valence-corrected chi connectivity index (χ0v) is 15.8. The fraction of sp³-hybridized carbons (Fsp3) is 0.238. The van der Waals surface area contributed by atoms with E-state index in [-0.39, 0.29) is 5.91 Å². The highest BCUT2D eigenvalue weighted by Crippen LogP contribution is 2.27. The first-order chi connectivity index (χ1) is 12.7. The fourth-order valence-corrected chi connectivity index (χ4v) is 3.62. The van der Waals surface area contributed by atoms with E-state index in [1.165, 1.54) is 0 Å². The number of hydrogen-bond acceptors (Lipinski definition) is 4. The van der Waals surface area contributed by atoms with Gasteiger partial charge in [-0.2, -0.15) is 0 Å². The molecule has 2 aromatic carbocycles. The summed E-state index contributed by atoms with van der Waals surface area (Å²) in [5.41, 5.74) is 3.21. The second-order valence-electron chi connectivity index (χ2n) is 6.02. The number of nitrogens with one attached hydrogen (secondary N) is 1. The Hall–Kier alpha value is -2.66. The first kappa shape index (κ1) is 18.1. The van der Waals surface area contributed by atoms with Crippen molar-refractivity contribution in [3.63, 3.8) is 0 Å². The molecule has 0 aliphatic heterocycles. The Bertz CT molecular complexity index is 857. The minimum atomic E-state index is 0.0508. The number of thiazole rings is 1. The number of hydrogen-bond donors (Lipinski definition) is 1. The lowest BCUT2D eigenvalue weighted by molar-refractivity contribution is -0.121. The molecular formula is C21H22N2O2S. The topological polar surface area (TPSA) is 51.2 Å². The van der Waals surface area contributed by atoms with Gasteiger partial charge in [-0.25, -0.2) is 4.98 Å². The summed E-state index contributed by atoms with van der Waals surface area (Å²) in [5, 5.41) is 4.00. The molecule has 3 rings (SSSR count). The van der Waals surface area contributed by atoms with Crippen molar-refractivity contribution in [2.45, 2.75) is 26.3 Å². The van der Waals surface area contributed by atoms with E-state index in [1.807, 2.05) is 49.4 Å². The number of aryl methyl sites for hydroxylation is 2. The van der Waals surface area contributed by atoms with E-state index in [0.29, 0.717) is 19.4 Å². The molecule has 1 heterocycles. The lowest BCUT2D eigenvalue weighted by atomic mass is 10.1. The van der Waals surface area contributed by atoms with Crippen LogP contribution in [0.1, 0.15) is 22.6 Å². The van der Waals surface area contributed by atoms with Crippen LogP contribution >= 0.6 is 11.3 Å². The normalized spacial score (nSPS) is 10.5. The number of rotatable bonds is 7. The van der Waals surface area contributed by atoms with Crippen LogP contribution in [0, 0.1) is 6.92 Å². The monoisotopic (exact) mass is 366 g/mol. The first-order valence-electron chi connectivity index (χ1n) is 8.57. The number of aromatic nitrogens is 1. The smallest absolute Gasteiger partial charge is 0.220 e. The summed E-state index contributed by atoms with van der Waals surface area (Å²) in [7, 11) is 1.65. The van der Waals surface area contributed by atoms with Crippen LogP contribution in [0.2, 0.25) is 0 Å². The Labute approximate surface area is 157 Å². The molecule has 0 fully saturated rings. The van der Waals surface area contributed by atoms with Gasteiger partial charge in [-0.3, -0.25) is 4.79 Å². The zero-order valence-electron chi connectivity index (χ0n) is 15.0. The van der Waals surface area contributed by atoms with E-state index >= 15 is 0 Å². The molecule has 0 saturated carbocycles. The number of amides is 1. The second kappa shape index (κ2) is 8.63. The van der Waals surface area contributed by atoms with Crippen molar-refractivity contribution >= 4 is 17.2 Å². The number of methoxy groups -OCH3 is 1. The Morgan fingerprint density at radius 2 is 1.85 bits per heavy atom. The molecule has 26 heavy (non-hydrogen) atoms. The number of ether oxygens (including phenoxy) is 1. The van der Waals surface area contributed by atoms with Crippen LogP contribution in [0.25, 0.3) is 10.6 Å². The standard InChI is InChI=1S/C21H22N2O2S/c1-15-19(26-21(23-15)17-6-4-3-5-7-17)14-22-20(24)13-10-16-8-11-18(25-2)12-9-16/h3-9,11-12H,10,13-14H2,1-2H3,(H,22,24). The van der Waals surface area contributed by atoms with Gasteiger partial charge in [-0.15, -0.1) is 11.3 Å². The van der Waals surface area contributed by atoms with E-state index in [2.05, 4.69) is 22.4 Å². The van der Waals surface area contributed by atoms with Gasteiger partial charge < -0.3 is 10.1 Å². The summed E-state index contributed by atoms with van der Waals surface area (Å²) < 4.78 is 5.14. The molecule has 1 amide bonds. The maximum absolute atomic E-state index is 12.1. The molecule has 1 N–H and O–H groups in total. The number of benzene rings is 2. The van der Waals surface area contributed by atoms with Crippen molar-refractivity contribution in [3.05, 3.63) is 70.7 Å². The van der Waals surface area contributed by atoms with E-state index in [0.717, 1.165) is 32.5 Å². The maximum Gasteiger partial charge on any atom is 0.220 e. The Morgan fingerprint density at radius 3 is 2.54 bits per heavy atom. The molecule has 0 aliphatic rings. The van der Waals surface area contributed by atoms with Crippen molar-refractivity contribution in [1.82, 2.24) is 10.3 Å². The third kappa shape index (κ3) is 4.70. The molecule has 0 spiro atoms. The summed E-state index contributed by atoms with van der Waals surface area (Å²) in [5.74, 6) is 0.878. The minimum Gasteiger partial charge on any atom is -0.497 e. The van der Waals surface area contributed by atoms with E-state index in [9.17, 15) is 4.79 Å². The summed E-state index contributed by atoms with van der Waals surface area (Å²) in [6, 6.07) is 17.9. The highest BCUT2D eigenvalue weighted by atomic mass is 32.1. The third-order valence-corrected chi connectivity index (χ3v) is 5.37. The van der Waals surface area contributed by atoms with Crippen LogP contribution in [-0.4, -0.2) is 18.0 Å². The van der Waals surface area contributed by atoms with Gasteiger partial charge in [0.05, 0.1) is 19.3 Å². The number of carbonyl (C=O) groups is 1. The van der Waals surface area contributed by atoms with Crippen LogP contribution in [0.3, 0.4) is 0 Å². The molecule has 1 aromatic heterocycles. The highest BCUT2D eigenvalue weighted by molar-refractivity contribution is 7.15. The lowest BCUT2D eigenvalue weighted by Crippen LogP contribution is -2.22. The van der Waals surface area contributed by atoms with Crippen molar-refractivity contribution in [1.29, 1.82) is 0 Å². The lowest BCUT2D eigenvalue weighted by Gasteiger charge is -2.05. The molecule has 0 atom stereocenters. The molecule has 0 unspecified atom stereocenters. The molecule has 134 valence electrons. The van der Waals surface area contributed by atoms with E-state index < -0.39 is 0 Å². The third-order valence-electron chi connectivity index (χ3n) is 4.16. The molecule has 5 heteroatoms. The zero-order chi connectivity index (χ0) is 18.4. The van der Waals surface area contributed by atoms with Gasteiger partial charge in [0, 0.05) is 16.9 Å². The maximum atomic E-state index is 12.1. The van der Waals surface area contributed by atoms with Crippen molar-refractivity contribution < 1.29 is 9.53 Å². The van der Waals surface area contributed by atoms with Crippen LogP contribution in [0.15, 0.2) is 54.6 Å². The summed E-state index contributed by atoms with van der Waals surface area (Å²) in [6.45, 7) is 2.51. The second-order valence-corrected chi connectivity index (χ2v) is 7.10. The first-order valence-corrected chi connectivity index (χ1v) is 9.38. The van der Waals surface area contributed by atoms with E-state index in [4.69, 9.17) is 4.74 Å². The van der Waals surface area contributed by atoms with E-state index in [1.54, 1.807) is 18.4 Å². The SMILES string of the molecule is COc1ccc(CCC(=O)NCc2sc(-c3ccccc3)nc2C)cc1. The quantitative estimate of drug-likeness (QED) is 0.675. The predicted molar refractivity (Wildman–Crippen MR) is 105 cm³/mol. The van der Waals surface area contributed by atoms with Crippen LogP contribution in [0.5, 0.6) is 5.75 Å². The molecule has 4 nitrogen and oxygen atoms in total. The average Bonchev–Trinajstić information content (AvgIpc) is 3.06. The Kier molecular flexibility index (Phi) is 6.02. The van der Waals surface area contributed by atoms with Crippen molar-refractivity contribution in [2.24, 2.45) is 0 Å². The van der Waals surface area contributed by atoms with Gasteiger partial charge >= 0.3 is 0 Å². The number of carbonyl (C=O) groups excluding carboxylic acids is 1. The van der Waals surface area contributed by atoms with Gasteiger partial charge in [-0.1, -0.05) is 42.5 Å². The Morgan fingerprint density at radius 1 is 1.12 bits per heavy atom. The van der Waals surface area contributed by atoms with Gasteiger partial charge in [0.2, 0.25) is 5.91 Å². The average molecular weight is 366 g/mol. The molecule has 3 aromatic rings. The van der Waals surface area contributed by atoms with Gasteiger partial charge in [0.15, 0.2) is 0 Å². The minimum absolute atomic E-state index is 0.0508. The van der Waals surface area contributed by atoms with Crippen LogP contribution < -0.4 is 10.1 Å². The van der Waals surface area contributed by atoms with Gasteiger partial charge in [0.1, 0.15) is 10.8 Å². The molecule has 0 aliphatic carbocycles. The summed E-state index contributed by atoms with van der Waals surface area (Å²) in [6.07, 6.45) is 1.18. The molecular weight excluding hydrogens is 344 g/mol. The molecule has 0 bridgehead atoms. The van der Waals surface area contributed by atoms with Crippen molar-refractivity contribution in [3.8, 4) is 16.3 Å². The van der Waals surface area contributed by atoms with Crippen LogP contribution in [0.4, 0.5) is 0 Å². The largest absolute Gasteiger partial charge is 0.497 e. The molecule has 0 saturated heterocycles. The van der Waals surface area contributed by atoms with Gasteiger partial charge in [0.25, 0.3) is 0 Å². The van der Waals surface area contributed by atoms with Crippen LogP contribution in [-0.2, 0) is 17.8 Å². The molecule has 0 radical (unpaired) electrons. The fourth-order valence-electron chi connectivity index (χ4n) is 2.61. The van der Waals surface area contributed by atoms with Gasteiger partial charge in [-0.05, 0) is 31.0 Å². The highest BCUT2D eigenvalue weighted by Gasteiger charge is 2.10. The number of nitrogens with zero attached hydrogens (tertiary/aromatic N) is 1. The Balaban J connectivity index is 1.52.